The SMILES string of the molecule is CCOc1cc(/C=C2/C(=O)NC(=O)N(c3ccc(Cl)c(Cl)c3)C2=O)ccc1OCC(=O)Nc1ccccc1OC. The van der Waals surface area contributed by atoms with Gasteiger partial charge in [-0.05, 0) is 61.0 Å². The largest absolute Gasteiger partial charge is 0.495 e. The summed E-state index contributed by atoms with van der Waals surface area (Å²) in [5.74, 6) is -1.08. The average molecular weight is 584 g/mol. The van der Waals surface area contributed by atoms with Crippen molar-refractivity contribution in [1.82, 2.24) is 5.32 Å². The number of nitrogens with zero attached hydrogens (tertiary/aromatic N) is 1. The van der Waals surface area contributed by atoms with E-state index >= 15 is 0 Å². The molecular weight excluding hydrogens is 561 g/mol. The van der Waals surface area contributed by atoms with Crippen LogP contribution < -0.4 is 29.7 Å². The van der Waals surface area contributed by atoms with Crippen molar-refractivity contribution in [2.24, 2.45) is 0 Å². The Morgan fingerprint density at radius 1 is 0.950 bits per heavy atom. The van der Waals surface area contributed by atoms with Crippen molar-refractivity contribution >= 4 is 64.4 Å². The van der Waals surface area contributed by atoms with Crippen molar-refractivity contribution in [3.63, 3.8) is 0 Å². The molecule has 0 aliphatic carbocycles. The molecular formula is C28H23Cl2N3O7. The Kier molecular flexibility index (Phi) is 8.93. The standard InChI is InChI=1S/C28H23Cl2N3O7/c1-3-39-24-13-16(8-11-23(24)40-15-25(34)31-21-6-4-5-7-22(21)38-2)12-18-26(35)32-28(37)33(27(18)36)17-9-10-19(29)20(30)14-17/h4-14H,3,15H2,1-2H3,(H,31,34)(H,32,35,37)/b18-12-. The van der Waals surface area contributed by atoms with Crippen LogP contribution in [0.3, 0.4) is 0 Å². The number of barbiturate groups is 1. The molecule has 0 spiro atoms. The molecule has 0 unspecified atom stereocenters. The number of ether oxygens (including phenoxy) is 3. The number of amides is 5. The van der Waals surface area contributed by atoms with Gasteiger partial charge in [-0.2, -0.15) is 0 Å². The van der Waals surface area contributed by atoms with Gasteiger partial charge in [-0.1, -0.05) is 41.4 Å². The van der Waals surface area contributed by atoms with Crippen LogP contribution in [0.2, 0.25) is 10.0 Å². The first kappa shape index (κ1) is 28.5. The lowest BCUT2D eigenvalue weighted by atomic mass is 10.1. The van der Waals surface area contributed by atoms with E-state index < -0.39 is 23.8 Å². The van der Waals surface area contributed by atoms with Gasteiger partial charge in [0.1, 0.15) is 11.3 Å². The fourth-order valence-electron chi connectivity index (χ4n) is 3.76. The minimum absolute atomic E-state index is 0.135. The molecule has 206 valence electrons. The van der Waals surface area contributed by atoms with E-state index in [1.165, 1.54) is 31.4 Å². The molecule has 10 nitrogen and oxygen atoms in total. The number of methoxy groups -OCH3 is 1. The Balaban J connectivity index is 1.54. The number of carbonyl (C=O) groups excluding carboxylic acids is 4. The number of hydrogen-bond acceptors (Lipinski definition) is 7. The summed E-state index contributed by atoms with van der Waals surface area (Å²) in [6, 6.07) is 14.9. The number of urea groups is 1. The fourth-order valence-corrected chi connectivity index (χ4v) is 4.05. The number of benzene rings is 3. The van der Waals surface area contributed by atoms with Crippen LogP contribution >= 0.6 is 23.2 Å². The lowest BCUT2D eigenvalue weighted by Gasteiger charge is -2.26. The van der Waals surface area contributed by atoms with E-state index in [0.29, 0.717) is 17.0 Å². The van der Waals surface area contributed by atoms with Gasteiger partial charge in [0.2, 0.25) is 0 Å². The number of hydrogen-bond donors (Lipinski definition) is 2. The molecule has 12 heteroatoms. The van der Waals surface area contributed by atoms with Gasteiger partial charge < -0.3 is 19.5 Å². The summed E-state index contributed by atoms with van der Waals surface area (Å²) in [5, 5.41) is 5.24. The van der Waals surface area contributed by atoms with Gasteiger partial charge in [-0.25, -0.2) is 9.69 Å². The Morgan fingerprint density at radius 2 is 1.73 bits per heavy atom. The van der Waals surface area contributed by atoms with E-state index in [4.69, 9.17) is 37.4 Å². The van der Waals surface area contributed by atoms with E-state index in [-0.39, 0.29) is 46.0 Å². The second-order valence-corrected chi connectivity index (χ2v) is 9.05. The van der Waals surface area contributed by atoms with E-state index in [9.17, 15) is 19.2 Å². The number of carbonyl (C=O) groups is 4. The first-order valence-corrected chi connectivity index (χ1v) is 12.7. The van der Waals surface area contributed by atoms with Crippen LogP contribution in [0, 0.1) is 0 Å². The van der Waals surface area contributed by atoms with E-state index in [1.807, 2.05) is 0 Å². The summed E-state index contributed by atoms with van der Waals surface area (Å²) in [7, 11) is 1.50. The zero-order valence-corrected chi connectivity index (χ0v) is 22.8. The number of para-hydroxylation sites is 2. The van der Waals surface area contributed by atoms with Gasteiger partial charge in [0, 0.05) is 0 Å². The van der Waals surface area contributed by atoms with Crippen molar-refractivity contribution in [3.8, 4) is 17.2 Å². The molecule has 1 heterocycles. The molecule has 3 aromatic carbocycles. The maximum atomic E-state index is 13.2. The van der Waals surface area contributed by atoms with Crippen molar-refractivity contribution < 1.29 is 33.4 Å². The average Bonchev–Trinajstić information content (AvgIpc) is 2.93. The van der Waals surface area contributed by atoms with Crippen LogP contribution in [0.1, 0.15) is 12.5 Å². The number of halogens is 2. The normalized spacial score (nSPS) is 14.2. The third kappa shape index (κ3) is 6.36. The molecule has 0 aromatic heterocycles. The molecule has 0 bridgehead atoms. The van der Waals surface area contributed by atoms with Crippen LogP contribution in [-0.2, 0) is 14.4 Å². The fraction of sp³-hybridized carbons (Fsp3) is 0.143. The predicted molar refractivity (Wildman–Crippen MR) is 150 cm³/mol. The predicted octanol–water partition coefficient (Wildman–Crippen LogP) is 5.08. The monoisotopic (exact) mass is 583 g/mol. The maximum Gasteiger partial charge on any atom is 0.335 e. The Morgan fingerprint density at radius 3 is 2.45 bits per heavy atom. The summed E-state index contributed by atoms with van der Waals surface area (Å²) in [6.07, 6.45) is 1.31. The van der Waals surface area contributed by atoms with Crippen LogP contribution in [-0.4, -0.2) is 44.1 Å². The molecule has 0 atom stereocenters. The molecule has 5 amide bonds. The molecule has 0 saturated carbocycles. The second-order valence-electron chi connectivity index (χ2n) is 8.23. The van der Waals surface area contributed by atoms with Crippen LogP contribution in [0.4, 0.5) is 16.2 Å². The topological polar surface area (TPSA) is 123 Å². The van der Waals surface area contributed by atoms with Crippen molar-refractivity contribution in [3.05, 3.63) is 81.8 Å². The molecule has 1 aliphatic heterocycles. The van der Waals surface area contributed by atoms with Crippen molar-refractivity contribution in [1.29, 1.82) is 0 Å². The molecule has 0 radical (unpaired) electrons. The third-order valence-corrected chi connectivity index (χ3v) is 6.32. The van der Waals surface area contributed by atoms with E-state index in [2.05, 4.69) is 10.6 Å². The Hall–Kier alpha value is -4.54. The number of nitrogens with one attached hydrogen (secondary N) is 2. The Labute approximate surface area is 239 Å². The first-order chi connectivity index (χ1) is 19.2. The summed E-state index contributed by atoms with van der Waals surface area (Å²) in [6.45, 7) is 1.73. The Bertz CT molecular complexity index is 1520. The minimum Gasteiger partial charge on any atom is -0.495 e. The summed E-state index contributed by atoms with van der Waals surface area (Å²) < 4.78 is 16.6. The van der Waals surface area contributed by atoms with Crippen molar-refractivity contribution in [2.75, 3.05) is 30.5 Å². The lowest BCUT2D eigenvalue weighted by Crippen LogP contribution is -2.54. The highest BCUT2D eigenvalue weighted by molar-refractivity contribution is 6.43. The summed E-state index contributed by atoms with van der Waals surface area (Å²) in [4.78, 5) is 51.5. The molecule has 3 aromatic rings. The maximum absolute atomic E-state index is 13.2. The highest BCUT2D eigenvalue weighted by Crippen LogP contribution is 2.32. The van der Waals surface area contributed by atoms with Gasteiger partial charge in [0.05, 0.1) is 35.1 Å². The first-order valence-electron chi connectivity index (χ1n) is 11.9. The smallest absolute Gasteiger partial charge is 0.335 e. The molecule has 2 N–H and O–H groups in total. The molecule has 1 aliphatic rings. The number of anilines is 2. The van der Waals surface area contributed by atoms with E-state index in [0.717, 1.165) is 4.90 Å². The highest BCUT2D eigenvalue weighted by Gasteiger charge is 2.37. The van der Waals surface area contributed by atoms with Gasteiger partial charge in [0.25, 0.3) is 17.7 Å². The zero-order chi connectivity index (χ0) is 28.8. The summed E-state index contributed by atoms with van der Waals surface area (Å²) >= 11 is 12.0. The van der Waals surface area contributed by atoms with Crippen LogP contribution in [0.5, 0.6) is 17.2 Å². The number of rotatable bonds is 9. The lowest BCUT2D eigenvalue weighted by molar-refractivity contribution is -0.122. The van der Waals surface area contributed by atoms with Gasteiger partial charge in [-0.15, -0.1) is 0 Å². The van der Waals surface area contributed by atoms with Crippen LogP contribution in [0.25, 0.3) is 6.08 Å². The van der Waals surface area contributed by atoms with Crippen molar-refractivity contribution in [2.45, 2.75) is 6.92 Å². The molecule has 1 saturated heterocycles. The third-order valence-electron chi connectivity index (χ3n) is 5.58. The molecule has 1 fully saturated rings. The molecule has 4 rings (SSSR count). The highest BCUT2D eigenvalue weighted by atomic mass is 35.5. The van der Waals surface area contributed by atoms with Crippen LogP contribution in [0.15, 0.2) is 66.2 Å². The minimum atomic E-state index is -0.921. The second kappa shape index (κ2) is 12.5. The van der Waals surface area contributed by atoms with Gasteiger partial charge in [-0.3, -0.25) is 19.7 Å². The van der Waals surface area contributed by atoms with E-state index in [1.54, 1.807) is 49.4 Å². The van der Waals surface area contributed by atoms with Gasteiger partial charge in [0.15, 0.2) is 18.1 Å². The summed E-state index contributed by atoms with van der Waals surface area (Å²) in [5.41, 5.74) is 0.754. The zero-order valence-electron chi connectivity index (χ0n) is 21.3. The number of imide groups is 2. The van der Waals surface area contributed by atoms with Gasteiger partial charge >= 0.3 is 6.03 Å². The molecule has 40 heavy (non-hydrogen) atoms. The quantitative estimate of drug-likeness (QED) is 0.266.